The number of hydrogen-bond acceptors (Lipinski definition) is 3. The van der Waals surface area contributed by atoms with Gasteiger partial charge in [0.05, 0.1) is 16.2 Å². The molecule has 17 heavy (non-hydrogen) atoms. The monoisotopic (exact) mass is 300 g/mol. The van der Waals surface area contributed by atoms with E-state index in [1.165, 1.54) is 0 Å². The van der Waals surface area contributed by atoms with Gasteiger partial charge < -0.3 is 11.1 Å². The number of nitrogens with zero attached hydrogens (tertiary/aromatic N) is 2. The molecule has 1 atom stereocenters. The van der Waals surface area contributed by atoms with Crippen LogP contribution in [0.25, 0.3) is 0 Å². The van der Waals surface area contributed by atoms with E-state index in [4.69, 9.17) is 5.73 Å². The van der Waals surface area contributed by atoms with Gasteiger partial charge in [-0.2, -0.15) is 5.10 Å². The van der Waals surface area contributed by atoms with Crippen LogP contribution in [0.4, 0.5) is 0 Å². The van der Waals surface area contributed by atoms with E-state index in [2.05, 4.69) is 26.3 Å². The first-order valence-electron chi connectivity index (χ1n) is 5.75. The Bertz CT molecular complexity index is 415. The Balaban J connectivity index is 1.95. The zero-order valence-corrected chi connectivity index (χ0v) is 11.4. The molecule has 0 bridgehead atoms. The van der Waals surface area contributed by atoms with E-state index in [0.717, 1.165) is 17.3 Å². The highest BCUT2D eigenvalue weighted by Gasteiger charge is 2.36. The molecule has 0 spiro atoms. The normalized spacial score (nSPS) is 18.9. The fourth-order valence-electron chi connectivity index (χ4n) is 1.74. The molecule has 1 aromatic heterocycles. The van der Waals surface area contributed by atoms with Crippen molar-refractivity contribution in [2.45, 2.75) is 44.3 Å². The first-order valence-corrected chi connectivity index (χ1v) is 6.54. The SMILES string of the molecule is CC(CCn1cc(Br)cn1)(NC1CC1)C(N)=O. The van der Waals surface area contributed by atoms with Crippen molar-refractivity contribution in [3.63, 3.8) is 0 Å². The van der Waals surface area contributed by atoms with Crippen LogP contribution in [-0.4, -0.2) is 27.3 Å². The molecule has 1 aliphatic carbocycles. The van der Waals surface area contributed by atoms with Gasteiger partial charge in [-0.1, -0.05) is 0 Å². The van der Waals surface area contributed by atoms with Crippen molar-refractivity contribution in [1.29, 1.82) is 0 Å². The van der Waals surface area contributed by atoms with Crippen molar-refractivity contribution in [2.75, 3.05) is 0 Å². The Morgan fingerprint density at radius 2 is 2.47 bits per heavy atom. The Labute approximate surface area is 109 Å². The minimum atomic E-state index is -0.639. The summed E-state index contributed by atoms with van der Waals surface area (Å²) in [6.07, 6.45) is 6.54. The highest BCUT2D eigenvalue weighted by atomic mass is 79.9. The zero-order chi connectivity index (χ0) is 12.5. The maximum absolute atomic E-state index is 11.5. The fourth-order valence-corrected chi connectivity index (χ4v) is 2.07. The second-order valence-corrected chi connectivity index (χ2v) is 5.70. The number of amides is 1. The van der Waals surface area contributed by atoms with E-state index >= 15 is 0 Å². The lowest BCUT2D eigenvalue weighted by Crippen LogP contribution is -2.54. The number of aryl methyl sites for hydroxylation is 1. The van der Waals surface area contributed by atoms with Crippen LogP contribution in [0.1, 0.15) is 26.2 Å². The molecule has 0 aromatic carbocycles. The number of rotatable bonds is 6. The van der Waals surface area contributed by atoms with Crippen LogP contribution in [0.15, 0.2) is 16.9 Å². The van der Waals surface area contributed by atoms with Gasteiger partial charge in [0.25, 0.3) is 0 Å². The molecule has 1 aromatic rings. The summed E-state index contributed by atoms with van der Waals surface area (Å²) in [6, 6.07) is 0.455. The highest BCUT2D eigenvalue weighted by molar-refractivity contribution is 9.10. The van der Waals surface area contributed by atoms with E-state index in [9.17, 15) is 4.79 Å². The van der Waals surface area contributed by atoms with Crippen LogP contribution in [0, 0.1) is 0 Å². The summed E-state index contributed by atoms with van der Waals surface area (Å²) < 4.78 is 2.74. The van der Waals surface area contributed by atoms with Crippen molar-refractivity contribution in [3.05, 3.63) is 16.9 Å². The lowest BCUT2D eigenvalue weighted by Gasteiger charge is -2.27. The van der Waals surface area contributed by atoms with Crippen LogP contribution in [0.3, 0.4) is 0 Å². The molecule has 3 N–H and O–H groups in total. The Hall–Kier alpha value is -0.880. The molecule has 1 heterocycles. The number of hydrogen-bond donors (Lipinski definition) is 2. The van der Waals surface area contributed by atoms with E-state index < -0.39 is 5.54 Å². The number of primary amides is 1. The molecule has 6 heteroatoms. The molecule has 0 radical (unpaired) electrons. The molecule has 1 fully saturated rings. The van der Waals surface area contributed by atoms with E-state index in [-0.39, 0.29) is 5.91 Å². The molecule has 2 rings (SSSR count). The van der Waals surface area contributed by atoms with Gasteiger partial charge in [-0.05, 0) is 42.1 Å². The van der Waals surface area contributed by atoms with E-state index in [0.29, 0.717) is 19.0 Å². The lowest BCUT2D eigenvalue weighted by molar-refractivity contribution is -0.124. The van der Waals surface area contributed by atoms with Crippen LogP contribution in [-0.2, 0) is 11.3 Å². The third-order valence-corrected chi connectivity index (χ3v) is 3.50. The minimum Gasteiger partial charge on any atom is -0.368 e. The second-order valence-electron chi connectivity index (χ2n) is 4.79. The van der Waals surface area contributed by atoms with Crippen LogP contribution < -0.4 is 11.1 Å². The van der Waals surface area contributed by atoms with Gasteiger partial charge in [-0.3, -0.25) is 9.48 Å². The third-order valence-electron chi connectivity index (χ3n) is 3.09. The zero-order valence-electron chi connectivity index (χ0n) is 9.82. The first-order chi connectivity index (χ1) is 7.99. The summed E-state index contributed by atoms with van der Waals surface area (Å²) in [6.45, 7) is 2.54. The first kappa shape index (κ1) is 12.6. The summed E-state index contributed by atoms with van der Waals surface area (Å²) in [5, 5.41) is 7.48. The highest BCUT2D eigenvalue weighted by Crippen LogP contribution is 2.24. The number of aromatic nitrogens is 2. The largest absolute Gasteiger partial charge is 0.368 e. The molecule has 0 saturated heterocycles. The average Bonchev–Trinajstić information content (AvgIpc) is 2.96. The number of nitrogens with one attached hydrogen (secondary N) is 1. The minimum absolute atomic E-state index is 0.296. The maximum atomic E-state index is 11.5. The fraction of sp³-hybridized carbons (Fsp3) is 0.636. The molecular weight excluding hydrogens is 284 g/mol. The Morgan fingerprint density at radius 3 is 2.94 bits per heavy atom. The maximum Gasteiger partial charge on any atom is 0.237 e. The van der Waals surface area contributed by atoms with Gasteiger partial charge in [-0.25, -0.2) is 0 Å². The molecule has 0 aliphatic heterocycles. The Morgan fingerprint density at radius 1 is 1.76 bits per heavy atom. The summed E-state index contributed by atoms with van der Waals surface area (Å²) in [4.78, 5) is 11.5. The van der Waals surface area contributed by atoms with Crippen molar-refractivity contribution < 1.29 is 4.79 Å². The van der Waals surface area contributed by atoms with Gasteiger partial charge in [0, 0.05) is 18.8 Å². The predicted octanol–water partition coefficient (Wildman–Crippen LogP) is 1.03. The van der Waals surface area contributed by atoms with Gasteiger partial charge in [-0.15, -0.1) is 0 Å². The topological polar surface area (TPSA) is 72.9 Å². The number of carbonyl (C=O) groups is 1. The second kappa shape index (κ2) is 4.78. The molecule has 1 aliphatic rings. The molecule has 1 saturated carbocycles. The summed E-state index contributed by atoms with van der Waals surface area (Å²) >= 11 is 3.34. The molecule has 94 valence electrons. The van der Waals surface area contributed by atoms with Gasteiger partial charge >= 0.3 is 0 Å². The summed E-state index contributed by atoms with van der Waals surface area (Å²) in [5.41, 5.74) is 4.84. The Kier molecular flexibility index (Phi) is 3.53. The van der Waals surface area contributed by atoms with E-state index in [1.54, 1.807) is 10.9 Å². The third kappa shape index (κ3) is 3.29. The van der Waals surface area contributed by atoms with Crippen molar-refractivity contribution >= 4 is 21.8 Å². The van der Waals surface area contributed by atoms with Crippen molar-refractivity contribution in [3.8, 4) is 0 Å². The van der Waals surface area contributed by atoms with Crippen LogP contribution in [0.2, 0.25) is 0 Å². The lowest BCUT2D eigenvalue weighted by atomic mass is 9.96. The summed E-state index contributed by atoms with van der Waals surface area (Å²) in [7, 11) is 0. The number of carbonyl (C=O) groups excluding carboxylic acids is 1. The van der Waals surface area contributed by atoms with Crippen molar-refractivity contribution in [2.24, 2.45) is 5.73 Å². The van der Waals surface area contributed by atoms with E-state index in [1.807, 2.05) is 13.1 Å². The predicted molar refractivity (Wildman–Crippen MR) is 68.3 cm³/mol. The van der Waals surface area contributed by atoms with Crippen molar-refractivity contribution in [1.82, 2.24) is 15.1 Å². The van der Waals surface area contributed by atoms with Crippen LogP contribution >= 0.6 is 15.9 Å². The quantitative estimate of drug-likeness (QED) is 0.824. The molecule has 1 unspecified atom stereocenters. The summed E-state index contributed by atoms with van der Waals surface area (Å²) in [5.74, 6) is -0.296. The van der Waals surface area contributed by atoms with Gasteiger partial charge in [0.2, 0.25) is 5.91 Å². The van der Waals surface area contributed by atoms with Gasteiger partial charge in [0.1, 0.15) is 0 Å². The molecule has 1 amide bonds. The smallest absolute Gasteiger partial charge is 0.237 e. The number of nitrogens with two attached hydrogens (primary N) is 1. The average molecular weight is 301 g/mol. The molecular formula is C11H17BrN4O. The molecule has 5 nitrogen and oxygen atoms in total. The standard InChI is InChI=1S/C11H17BrN4O/c1-11(10(13)17,15-9-2-3-9)4-5-16-7-8(12)6-14-16/h6-7,9,15H,2-5H2,1H3,(H2,13,17). The van der Waals surface area contributed by atoms with Gasteiger partial charge in [0.15, 0.2) is 0 Å². The number of halogens is 1. The van der Waals surface area contributed by atoms with Crippen LogP contribution in [0.5, 0.6) is 0 Å².